The average Bonchev–Trinajstić information content (AvgIpc) is 2.76. The maximum absolute atomic E-state index is 14.1. The quantitative estimate of drug-likeness (QED) is 0.569. The number of carbonyl (C=O) groups is 1. The Kier molecular flexibility index (Phi) is 6.28. The highest BCUT2D eigenvalue weighted by molar-refractivity contribution is 6.31. The first-order valence-corrected chi connectivity index (χ1v) is 10.9. The van der Waals surface area contributed by atoms with E-state index in [1.54, 1.807) is 6.07 Å². The first-order valence-electron chi connectivity index (χ1n) is 10.5. The molecular weight excluding hydrogens is 415 g/mol. The lowest BCUT2D eigenvalue weighted by Gasteiger charge is -2.30. The van der Waals surface area contributed by atoms with Crippen LogP contribution in [-0.4, -0.2) is 37.1 Å². The van der Waals surface area contributed by atoms with E-state index in [0.717, 1.165) is 48.1 Å². The third-order valence-electron chi connectivity index (χ3n) is 5.79. The van der Waals surface area contributed by atoms with Gasteiger partial charge in [-0.05, 0) is 43.9 Å². The molecule has 1 aromatic heterocycles. The van der Waals surface area contributed by atoms with Gasteiger partial charge in [-0.3, -0.25) is 4.79 Å². The highest BCUT2D eigenvalue weighted by Gasteiger charge is 2.24. The standard InChI is InChI=1S/C24H26ClFN4O/c1-30(2)21-14-22(29-20-9-4-3-6-17(20)21)27-15-10-12-16(13-11-15)28-24(31)18-7-5-8-19(25)23(18)26/h3-9,14-16H,10-13H2,1-2H3,(H,27,29)(H,28,31)/t15-,16+. The number of anilines is 2. The molecule has 3 aromatic rings. The van der Waals surface area contributed by atoms with Crippen molar-refractivity contribution >= 4 is 39.9 Å². The van der Waals surface area contributed by atoms with E-state index in [1.165, 1.54) is 12.1 Å². The Hall–Kier alpha value is -2.86. The molecule has 1 aliphatic rings. The van der Waals surface area contributed by atoms with Crippen LogP contribution in [0.15, 0.2) is 48.5 Å². The van der Waals surface area contributed by atoms with Gasteiger partial charge in [0, 0.05) is 43.3 Å². The first kappa shape index (κ1) is 21.4. The SMILES string of the molecule is CN(C)c1cc(N[C@H]2CC[C@@H](NC(=O)c3cccc(Cl)c3F)CC2)nc2ccccc12. The lowest BCUT2D eigenvalue weighted by molar-refractivity contribution is 0.0922. The lowest BCUT2D eigenvalue weighted by atomic mass is 9.91. The number of benzene rings is 2. The number of pyridine rings is 1. The van der Waals surface area contributed by atoms with Gasteiger partial charge < -0.3 is 15.5 Å². The molecule has 0 unspecified atom stereocenters. The molecule has 2 N–H and O–H groups in total. The van der Waals surface area contributed by atoms with E-state index in [-0.39, 0.29) is 22.7 Å². The van der Waals surface area contributed by atoms with E-state index in [9.17, 15) is 9.18 Å². The van der Waals surface area contributed by atoms with Gasteiger partial charge in [0.2, 0.25) is 0 Å². The third-order valence-corrected chi connectivity index (χ3v) is 6.08. The van der Waals surface area contributed by atoms with Crippen molar-refractivity contribution in [3.05, 3.63) is 64.9 Å². The smallest absolute Gasteiger partial charge is 0.254 e. The summed E-state index contributed by atoms with van der Waals surface area (Å²) in [7, 11) is 4.06. The molecule has 0 spiro atoms. The van der Waals surface area contributed by atoms with E-state index >= 15 is 0 Å². The van der Waals surface area contributed by atoms with Crippen LogP contribution in [-0.2, 0) is 0 Å². The van der Waals surface area contributed by atoms with Crippen LogP contribution in [0.4, 0.5) is 15.9 Å². The zero-order valence-electron chi connectivity index (χ0n) is 17.7. The number of nitrogens with one attached hydrogen (secondary N) is 2. The van der Waals surface area contributed by atoms with E-state index in [4.69, 9.17) is 16.6 Å². The number of para-hydroxylation sites is 1. The molecule has 0 radical (unpaired) electrons. The summed E-state index contributed by atoms with van der Waals surface area (Å²) in [5.41, 5.74) is 2.07. The van der Waals surface area contributed by atoms with E-state index < -0.39 is 11.7 Å². The molecule has 4 rings (SSSR count). The number of aromatic nitrogens is 1. The van der Waals surface area contributed by atoms with Gasteiger partial charge in [-0.1, -0.05) is 35.9 Å². The number of nitrogens with zero attached hydrogens (tertiary/aromatic N) is 2. The fraction of sp³-hybridized carbons (Fsp3) is 0.333. The number of halogens is 2. The fourth-order valence-electron chi connectivity index (χ4n) is 4.13. The summed E-state index contributed by atoms with van der Waals surface area (Å²) in [4.78, 5) is 19.3. The van der Waals surface area contributed by atoms with E-state index in [0.29, 0.717) is 0 Å². The minimum absolute atomic E-state index is 0.00988. The van der Waals surface area contributed by atoms with Crippen LogP contribution in [0.25, 0.3) is 10.9 Å². The lowest BCUT2D eigenvalue weighted by Crippen LogP contribution is -2.40. The minimum Gasteiger partial charge on any atom is -0.377 e. The molecule has 1 saturated carbocycles. The molecule has 5 nitrogen and oxygen atoms in total. The monoisotopic (exact) mass is 440 g/mol. The van der Waals surface area contributed by atoms with Crippen LogP contribution in [0, 0.1) is 5.82 Å². The van der Waals surface area contributed by atoms with Crippen LogP contribution in [0.3, 0.4) is 0 Å². The highest BCUT2D eigenvalue weighted by Crippen LogP contribution is 2.29. The van der Waals surface area contributed by atoms with E-state index in [2.05, 4.69) is 27.7 Å². The first-order chi connectivity index (χ1) is 14.9. The zero-order valence-corrected chi connectivity index (χ0v) is 18.4. The minimum atomic E-state index is -0.670. The second-order valence-electron chi connectivity index (χ2n) is 8.21. The van der Waals surface area contributed by atoms with Gasteiger partial charge in [0.25, 0.3) is 5.91 Å². The Labute approximate surface area is 186 Å². The summed E-state index contributed by atoms with van der Waals surface area (Å²) in [6.07, 6.45) is 3.43. The number of hydrogen-bond donors (Lipinski definition) is 2. The van der Waals surface area contributed by atoms with Gasteiger partial charge in [0.05, 0.1) is 16.1 Å². The molecule has 162 valence electrons. The van der Waals surface area contributed by atoms with Gasteiger partial charge >= 0.3 is 0 Å². The molecule has 7 heteroatoms. The Morgan fingerprint density at radius 2 is 1.77 bits per heavy atom. The predicted molar refractivity (Wildman–Crippen MR) is 125 cm³/mol. The molecule has 1 fully saturated rings. The molecule has 1 aliphatic carbocycles. The van der Waals surface area contributed by atoms with Gasteiger partial charge in [0.1, 0.15) is 5.82 Å². The van der Waals surface area contributed by atoms with Crippen molar-refractivity contribution < 1.29 is 9.18 Å². The van der Waals surface area contributed by atoms with Gasteiger partial charge in [-0.15, -0.1) is 0 Å². The van der Waals surface area contributed by atoms with Crippen LogP contribution in [0.2, 0.25) is 5.02 Å². The molecule has 0 atom stereocenters. The van der Waals surface area contributed by atoms with Gasteiger partial charge in [-0.2, -0.15) is 0 Å². The average molecular weight is 441 g/mol. The van der Waals surface area contributed by atoms with Crippen LogP contribution in [0.1, 0.15) is 36.0 Å². The fourth-order valence-corrected chi connectivity index (χ4v) is 4.31. The van der Waals surface area contributed by atoms with Crippen molar-refractivity contribution in [2.45, 2.75) is 37.8 Å². The van der Waals surface area contributed by atoms with Crippen LogP contribution >= 0.6 is 11.6 Å². The van der Waals surface area contributed by atoms with Gasteiger partial charge in [-0.25, -0.2) is 9.37 Å². The summed E-state index contributed by atoms with van der Waals surface area (Å²) >= 11 is 5.79. The molecule has 0 aliphatic heterocycles. The molecule has 0 saturated heterocycles. The Morgan fingerprint density at radius 3 is 2.52 bits per heavy atom. The van der Waals surface area contributed by atoms with Crippen molar-refractivity contribution in [2.75, 3.05) is 24.3 Å². The van der Waals surface area contributed by atoms with E-state index in [1.807, 2.05) is 32.3 Å². The molecule has 1 amide bonds. The van der Waals surface area contributed by atoms with Crippen molar-refractivity contribution in [3.8, 4) is 0 Å². The summed E-state index contributed by atoms with van der Waals surface area (Å²) in [5.74, 6) is -0.227. The number of amides is 1. The summed E-state index contributed by atoms with van der Waals surface area (Å²) in [5, 5.41) is 7.59. The molecule has 2 aromatic carbocycles. The second kappa shape index (κ2) is 9.10. The number of fused-ring (bicyclic) bond motifs is 1. The van der Waals surface area contributed by atoms with Crippen molar-refractivity contribution in [2.24, 2.45) is 0 Å². The highest BCUT2D eigenvalue weighted by atomic mass is 35.5. The maximum Gasteiger partial charge on any atom is 0.254 e. The Bertz CT molecular complexity index is 1100. The molecular formula is C24H26ClFN4O. The van der Waals surface area contributed by atoms with Crippen molar-refractivity contribution in [3.63, 3.8) is 0 Å². The number of carbonyl (C=O) groups excluding carboxylic acids is 1. The van der Waals surface area contributed by atoms with Crippen molar-refractivity contribution in [1.82, 2.24) is 10.3 Å². The maximum atomic E-state index is 14.1. The third kappa shape index (κ3) is 4.74. The topological polar surface area (TPSA) is 57.3 Å². The summed E-state index contributed by atoms with van der Waals surface area (Å²) in [6, 6.07) is 15.0. The van der Waals surface area contributed by atoms with Crippen molar-refractivity contribution in [1.29, 1.82) is 0 Å². The Balaban J connectivity index is 1.38. The predicted octanol–water partition coefficient (Wildman–Crippen LogP) is 5.25. The molecule has 31 heavy (non-hydrogen) atoms. The molecule has 0 bridgehead atoms. The summed E-state index contributed by atoms with van der Waals surface area (Å²) < 4.78 is 14.1. The number of rotatable bonds is 5. The largest absolute Gasteiger partial charge is 0.377 e. The number of hydrogen-bond acceptors (Lipinski definition) is 4. The van der Waals surface area contributed by atoms with Crippen LogP contribution < -0.4 is 15.5 Å². The summed E-state index contributed by atoms with van der Waals surface area (Å²) in [6.45, 7) is 0. The molecule has 1 heterocycles. The normalized spacial score (nSPS) is 18.6. The van der Waals surface area contributed by atoms with Gasteiger partial charge in [0.15, 0.2) is 5.82 Å². The second-order valence-corrected chi connectivity index (χ2v) is 8.61. The zero-order chi connectivity index (χ0) is 22.0. The van der Waals surface area contributed by atoms with Crippen LogP contribution in [0.5, 0.6) is 0 Å². The Morgan fingerprint density at radius 1 is 1.06 bits per heavy atom.